The van der Waals surface area contributed by atoms with Crippen molar-refractivity contribution < 1.29 is 14.0 Å². The van der Waals surface area contributed by atoms with Crippen LogP contribution in [-0.2, 0) is 4.79 Å². The molecule has 2 amide bonds. The summed E-state index contributed by atoms with van der Waals surface area (Å²) in [5, 5.41) is 0. The van der Waals surface area contributed by atoms with Crippen LogP contribution < -0.4 is 0 Å². The minimum Gasteiger partial charge on any atom is -0.349 e. The van der Waals surface area contributed by atoms with Crippen LogP contribution in [0.3, 0.4) is 0 Å². The van der Waals surface area contributed by atoms with E-state index >= 15 is 0 Å². The maximum absolute atomic E-state index is 14.5. The van der Waals surface area contributed by atoms with Gasteiger partial charge in [0, 0.05) is 39.8 Å². The smallest absolute Gasteiger partial charge is 0.277 e. The van der Waals surface area contributed by atoms with Gasteiger partial charge < -0.3 is 9.80 Å². The van der Waals surface area contributed by atoms with E-state index in [2.05, 4.69) is 4.98 Å². The number of halogens is 1. The van der Waals surface area contributed by atoms with Gasteiger partial charge in [0.05, 0.1) is 0 Å². The fourth-order valence-electron chi connectivity index (χ4n) is 3.29. The van der Waals surface area contributed by atoms with Crippen LogP contribution in [0.15, 0.2) is 24.4 Å². The van der Waals surface area contributed by atoms with Gasteiger partial charge in [-0.25, -0.2) is 4.98 Å². The van der Waals surface area contributed by atoms with Crippen molar-refractivity contribution in [2.75, 3.05) is 27.2 Å². The van der Waals surface area contributed by atoms with E-state index in [1.54, 1.807) is 48.3 Å². The van der Waals surface area contributed by atoms with Gasteiger partial charge in [-0.3, -0.25) is 14.0 Å². The molecule has 3 rings (SSSR count). The predicted molar refractivity (Wildman–Crippen MR) is 91.7 cm³/mol. The van der Waals surface area contributed by atoms with E-state index in [0.717, 1.165) is 19.3 Å². The minimum atomic E-state index is -0.620. The molecule has 0 bridgehead atoms. The van der Waals surface area contributed by atoms with Gasteiger partial charge in [0.15, 0.2) is 5.69 Å². The Hall–Kier alpha value is -2.44. The first kappa shape index (κ1) is 17.4. The fourth-order valence-corrected chi connectivity index (χ4v) is 3.29. The van der Waals surface area contributed by atoms with Crippen LogP contribution in [0, 0.1) is 11.9 Å². The quantitative estimate of drug-likeness (QED) is 0.853. The number of aromatic nitrogens is 2. The molecule has 0 aromatic carbocycles. The molecule has 1 aliphatic rings. The molecule has 1 saturated heterocycles. The number of imidazole rings is 1. The monoisotopic (exact) mass is 346 g/mol. The number of carbonyl (C=O) groups is 2. The van der Waals surface area contributed by atoms with Gasteiger partial charge >= 0.3 is 0 Å². The lowest BCUT2D eigenvalue weighted by Gasteiger charge is -2.32. The summed E-state index contributed by atoms with van der Waals surface area (Å²) in [5.74, 6) is -0.633. The highest BCUT2D eigenvalue weighted by Gasteiger charge is 2.29. The van der Waals surface area contributed by atoms with Crippen molar-refractivity contribution in [1.29, 1.82) is 0 Å². The molecule has 134 valence electrons. The lowest BCUT2D eigenvalue weighted by atomic mass is 9.93. The molecule has 1 atom stereocenters. The van der Waals surface area contributed by atoms with Crippen molar-refractivity contribution in [3.63, 3.8) is 0 Å². The van der Waals surface area contributed by atoms with Gasteiger partial charge in [-0.2, -0.15) is 4.39 Å². The Balaban J connectivity index is 1.69. The topological polar surface area (TPSA) is 57.9 Å². The van der Waals surface area contributed by atoms with E-state index in [1.165, 1.54) is 4.40 Å². The van der Waals surface area contributed by atoms with E-state index in [0.29, 0.717) is 25.2 Å². The van der Waals surface area contributed by atoms with Crippen molar-refractivity contribution in [3.8, 4) is 0 Å². The maximum atomic E-state index is 14.5. The molecule has 2 aromatic heterocycles. The molecule has 0 spiro atoms. The zero-order valence-corrected chi connectivity index (χ0v) is 14.6. The van der Waals surface area contributed by atoms with Crippen molar-refractivity contribution in [3.05, 3.63) is 36.0 Å². The van der Waals surface area contributed by atoms with Crippen LogP contribution in [0.2, 0.25) is 0 Å². The first-order valence-corrected chi connectivity index (χ1v) is 8.59. The highest BCUT2D eigenvalue weighted by atomic mass is 19.1. The number of carbonyl (C=O) groups excluding carboxylic acids is 2. The van der Waals surface area contributed by atoms with E-state index in [-0.39, 0.29) is 23.4 Å². The Morgan fingerprint density at radius 1 is 1.36 bits per heavy atom. The Labute approximate surface area is 146 Å². The van der Waals surface area contributed by atoms with Gasteiger partial charge in [-0.05, 0) is 37.3 Å². The summed E-state index contributed by atoms with van der Waals surface area (Å²) in [4.78, 5) is 31.9. The normalized spacial score (nSPS) is 17.7. The Bertz CT molecular complexity index is 786. The van der Waals surface area contributed by atoms with Crippen LogP contribution in [-0.4, -0.2) is 58.2 Å². The number of fused-ring (bicyclic) bond motifs is 1. The van der Waals surface area contributed by atoms with Crippen molar-refractivity contribution in [2.24, 2.45) is 5.92 Å². The summed E-state index contributed by atoms with van der Waals surface area (Å²) in [5.41, 5.74) is 0.296. The summed E-state index contributed by atoms with van der Waals surface area (Å²) < 4.78 is 15.8. The fraction of sp³-hybridized carbons (Fsp3) is 0.500. The number of hydrogen-bond donors (Lipinski definition) is 0. The number of pyridine rings is 1. The van der Waals surface area contributed by atoms with Crippen molar-refractivity contribution in [1.82, 2.24) is 19.2 Å². The minimum absolute atomic E-state index is 0.0924. The molecule has 25 heavy (non-hydrogen) atoms. The zero-order valence-electron chi connectivity index (χ0n) is 14.6. The number of likely N-dealkylation sites (tertiary alicyclic amines) is 1. The summed E-state index contributed by atoms with van der Waals surface area (Å²) in [7, 11) is 3.48. The number of rotatable bonds is 4. The lowest BCUT2D eigenvalue weighted by molar-refractivity contribution is -0.129. The first-order chi connectivity index (χ1) is 12.0. The second-order valence-corrected chi connectivity index (χ2v) is 6.77. The van der Waals surface area contributed by atoms with Crippen LogP contribution in [0.4, 0.5) is 4.39 Å². The molecular weight excluding hydrogens is 323 g/mol. The maximum Gasteiger partial charge on any atom is 0.277 e. The molecule has 1 fully saturated rings. The standard InChI is InChI=1S/C18H23FN4O2/c1-21(2)15(24)9-8-13-6-5-10-22(12-13)18(25)16-17(19)23-11-4-3-7-14(23)20-16/h3-4,7,11,13H,5-6,8-10,12H2,1-2H3. The van der Waals surface area contributed by atoms with Crippen LogP contribution in [0.25, 0.3) is 5.65 Å². The molecule has 0 radical (unpaired) electrons. The summed E-state index contributed by atoms with van der Waals surface area (Å²) in [6.07, 6.45) is 4.62. The molecule has 2 aromatic rings. The molecule has 0 N–H and O–H groups in total. The average molecular weight is 346 g/mol. The van der Waals surface area contributed by atoms with Gasteiger partial charge in [0.25, 0.3) is 5.91 Å². The summed E-state index contributed by atoms with van der Waals surface area (Å²) in [6, 6.07) is 5.13. The highest BCUT2D eigenvalue weighted by molar-refractivity contribution is 5.93. The largest absolute Gasteiger partial charge is 0.349 e. The SMILES string of the molecule is CN(C)C(=O)CCC1CCCN(C(=O)c2nc3ccccn3c2F)C1. The third-order valence-electron chi connectivity index (χ3n) is 4.75. The molecule has 7 heteroatoms. The molecule has 3 heterocycles. The van der Waals surface area contributed by atoms with E-state index < -0.39 is 5.95 Å². The number of hydrogen-bond acceptors (Lipinski definition) is 3. The van der Waals surface area contributed by atoms with Crippen LogP contribution in [0.5, 0.6) is 0 Å². The predicted octanol–water partition coefficient (Wildman–Crippen LogP) is 2.19. The summed E-state index contributed by atoms with van der Waals surface area (Å²) >= 11 is 0. The van der Waals surface area contributed by atoms with Gasteiger partial charge in [0.1, 0.15) is 5.65 Å². The van der Waals surface area contributed by atoms with E-state index in [1.807, 2.05) is 0 Å². The zero-order chi connectivity index (χ0) is 18.0. The molecule has 0 aliphatic carbocycles. The van der Waals surface area contributed by atoms with Gasteiger partial charge in [0.2, 0.25) is 11.9 Å². The van der Waals surface area contributed by atoms with E-state index in [4.69, 9.17) is 0 Å². The highest BCUT2D eigenvalue weighted by Crippen LogP contribution is 2.23. The number of amides is 2. The molecule has 1 unspecified atom stereocenters. The van der Waals surface area contributed by atoms with E-state index in [9.17, 15) is 14.0 Å². The number of piperidine rings is 1. The Morgan fingerprint density at radius 3 is 2.88 bits per heavy atom. The van der Waals surface area contributed by atoms with Crippen LogP contribution >= 0.6 is 0 Å². The lowest BCUT2D eigenvalue weighted by Crippen LogP contribution is -2.40. The second kappa shape index (κ2) is 7.21. The first-order valence-electron chi connectivity index (χ1n) is 8.59. The molecular formula is C18H23FN4O2. The van der Waals surface area contributed by atoms with Gasteiger partial charge in [-0.15, -0.1) is 0 Å². The molecule has 6 nitrogen and oxygen atoms in total. The number of nitrogens with zero attached hydrogens (tertiary/aromatic N) is 4. The Morgan fingerprint density at radius 2 is 2.16 bits per heavy atom. The Kier molecular flexibility index (Phi) is 5.01. The van der Waals surface area contributed by atoms with Crippen LogP contribution in [0.1, 0.15) is 36.2 Å². The molecule has 1 aliphatic heterocycles. The van der Waals surface area contributed by atoms with Crippen molar-refractivity contribution in [2.45, 2.75) is 25.7 Å². The second-order valence-electron chi connectivity index (χ2n) is 6.77. The van der Waals surface area contributed by atoms with Gasteiger partial charge in [-0.1, -0.05) is 6.07 Å². The third-order valence-corrected chi connectivity index (χ3v) is 4.75. The average Bonchev–Trinajstić information content (AvgIpc) is 2.96. The summed E-state index contributed by atoms with van der Waals surface area (Å²) in [6.45, 7) is 1.15. The third kappa shape index (κ3) is 3.65. The molecule has 0 saturated carbocycles. The van der Waals surface area contributed by atoms with Crippen molar-refractivity contribution >= 4 is 17.5 Å².